The number of carbonyl (C=O) groups is 1. The van der Waals surface area contributed by atoms with Crippen LogP contribution < -0.4 is 5.32 Å². The monoisotopic (exact) mass is 221 g/mol. The van der Waals surface area contributed by atoms with E-state index in [0.29, 0.717) is 6.54 Å². The first kappa shape index (κ1) is 10.8. The molecule has 0 bridgehead atoms. The van der Waals surface area contributed by atoms with Crippen LogP contribution in [0.25, 0.3) is 0 Å². The molecule has 3 nitrogen and oxygen atoms in total. The van der Waals surface area contributed by atoms with Gasteiger partial charge in [-0.25, -0.2) is 0 Å². The van der Waals surface area contributed by atoms with Crippen LogP contribution in [0.3, 0.4) is 0 Å². The average molecular weight is 221 g/mol. The van der Waals surface area contributed by atoms with E-state index in [9.17, 15) is 4.79 Å². The normalized spacial score (nSPS) is 10.1. The predicted molar refractivity (Wildman–Crippen MR) is 47.6 cm³/mol. The van der Waals surface area contributed by atoms with Gasteiger partial charge in [-0.05, 0) is 0 Å². The third kappa shape index (κ3) is 6.24. The van der Waals surface area contributed by atoms with Gasteiger partial charge in [-0.1, -0.05) is 0 Å². The fraction of sp³-hybridized carbons (Fsp3) is 0.857. The van der Waals surface area contributed by atoms with E-state index in [-0.39, 0.29) is 0 Å². The van der Waals surface area contributed by atoms with Crippen LogP contribution in [0.5, 0.6) is 0 Å². The summed E-state index contributed by atoms with van der Waals surface area (Å²) in [5.41, 5.74) is 0. The Hall–Kier alpha value is -0.172. The van der Waals surface area contributed by atoms with Gasteiger partial charge in [0.05, 0.1) is 0 Å². The molecule has 0 spiro atoms. The zero-order chi connectivity index (χ0) is 8.69. The number of hydrogen-bond donors (Lipinski definition) is 2. The number of amides is 1. The summed E-state index contributed by atoms with van der Waals surface area (Å²) in [4.78, 5) is 10.1. The van der Waals surface area contributed by atoms with Gasteiger partial charge in [0.15, 0.2) is 0 Å². The van der Waals surface area contributed by atoms with E-state index in [0.717, 1.165) is 5.21 Å². The molecule has 0 fully saturated rings. The van der Waals surface area contributed by atoms with Crippen molar-refractivity contribution < 1.29 is 9.90 Å². The minimum atomic E-state index is -0.897. The van der Waals surface area contributed by atoms with Crippen molar-refractivity contribution in [3.8, 4) is 0 Å². The second kappa shape index (κ2) is 6.53. The summed E-state index contributed by atoms with van der Waals surface area (Å²) in [6.45, 7) is 5.05. The van der Waals surface area contributed by atoms with E-state index < -0.39 is 20.7 Å². The third-order valence-electron chi connectivity index (χ3n) is 1.60. The summed E-state index contributed by atoms with van der Waals surface area (Å²) in [5.74, 6) is 0. The molecule has 0 saturated heterocycles. The first-order valence-electron chi connectivity index (χ1n) is 3.89. The van der Waals surface area contributed by atoms with Crippen molar-refractivity contribution in [2.24, 2.45) is 0 Å². The molecule has 2 N–H and O–H groups in total. The number of nitrogens with one attached hydrogen (secondary N) is 1. The summed E-state index contributed by atoms with van der Waals surface area (Å²) in [6, 6.07) is 0. The Bertz CT molecular complexity index is 115. The van der Waals surface area contributed by atoms with Crippen LogP contribution in [-0.2, 0) is 0 Å². The molecule has 66 valence electrons. The standard InChI is InChI=1S/C7H16AsNO2/c1-3-8(4-2)5-6-9-7(10)11/h9H,3-6H2,1-2H3,(H,10,11). The topological polar surface area (TPSA) is 49.3 Å². The van der Waals surface area contributed by atoms with Crippen molar-refractivity contribution in [1.82, 2.24) is 5.32 Å². The van der Waals surface area contributed by atoms with Crippen LogP contribution in [0.2, 0.25) is 15.6 Å². The second-order valence-electron chi connectivity index (χ2n) is 2.26. The SMILES string of the molecule is CC[As](CC)CCNC(=O)O. The summed E-state index contributed by atoms with van der Waals surface area (Å²) in [7, 11) is 0. The molecule has 0 aromatic heterocycles. The van der Waals surface area contributed by atoms with Gasteiger partial charge < -0.3 is 0 Å². The van der Waals surface area contributed by atoms with Gasteiger partial charge in [0.25, 0.3) is 0 Å². The van der Waals surface area contributed by atoms with Crippen molar-refractivity contribution in [2.75, 3.05) is 6.54 Å². The molecule has 11 heavy (non-hydrogen) atoms. The summed E-state index contributed by atoms with van der Waals surface area (Å²) >= 11 is -0.639. The Morgan fingerprint density at radius 3 is 2.36 bits per heavy atom. The summed E-state index contributed by atoms with van der Waals surface area (Å²) in [6.07, 6.45) is -0.897. The number of carboxylic acid groups (broad SMARTS) is 1. The number of hydrogen-bond acceptors (Lipinski definition) is 1. The molecule has 0 radical (unpaired) electrons. The molecule has 0 aromatic carbocycles. The van der Waals surface area contributed by atoms with Crippen LogP contribution in [0.4, 0.5) is 4.79 Å². The molecule has 0 aliphatic heterocycles. The van der Waals surface area contributed by atoms with Crippen LogP contribution in [0.1, 0.15) is 13.8 Å². The van der Waals surface area contributed by atoms with E-state index in [1.807, 2.05) is 0 Å². The molecule has 0 aliphatic rings. The van der Waals surface area contributed by atoms with Crippen molar-refractivity contribution in [1.29, 1.82) is 0 Å². The average Bonchev–Trinajstić information content (AvgIpc) is 1.98. The molecule has 1 amide bonds. The molecule has 0 saturated carbocycles. The Labute approximate surface area is 72.4 Å². The van der Waals surface area contributed by atoms with Crippen LogP contribution in [0.15, 0.2) is 0 Å². The fourth-order valence-electron chi connectivity index (χ4n) is 0.861. The Kier molecular flexibility index (Phi) is 6.43. The molecule has 0 aromatic rings. The quantitative estimate of drug-likeness (QED) is 0.695. The minimum absolute atomic E-state index is 0.639. The van der Waals surface area contributed by atoms with E-state index in [2.05, 4.69) is 19.2 Å². The van der Waals surface area contributed by atoms with Crippen LogP contribution in [0, 0.1) is 0 Å². The Balaban J connectivity index is 3.28. The van der Waals surface area contributed by atoms with Gasteiger partial charge in [0, 0.05) is 0 Å². The third-order valence-corrected chi connectivity index (χ3v) is 7.15. The maximum atomic E-state index is 10.1. The van der Waals surface area contributed by atoms with E-state index in [1.54, 1.807) is 0 Å². The van der Waals surface area contributed by atoms with Gasteiger partial charge in [-0.3, -0.25) is 0 Å². The molecule has 0 heterocycles. The molecule has 0 rings (SSSR count). The fourth-order valence-corrected chi connectivity index (χ4v) is 4.02. The van der Waals surface area contributed by atoms with Gasteiger partial charge >= 0.3 is 72.0 Å². The molecule has 4 heteroatoms. The van der Waals surface area contributed by atoms with Gasteiger partial charge in [0.2, 0.25) is 0 Å². The molecular weight excluding hydrogens is 205 g/mol. The van der Waals surface area contributed by atoms with Crippen molar-refractivity contribution >= 4 is 20.7 Å². The number of rotatable bonds is 5. The maximum absolute atomic E-state index is 10.1. The molecule has 0 atom stereocenters. The summed E-state index contributed by atoms with van der Waals surface area (Å²) in [5, 5.41) is 14.3. The molecular formula is C7H16AsNO2. The first-order valence-corrected chi connectivity index (χ1v) is 7.88. The zero-order valence-corrected chi connectivity index (χ0v) is 9.01. The molecule has 0 unspecified atom stereocenters. The van der Waals surface area contributed by atoms with Crippen LogP contribution in [-0.4, -0.2) is 32.4 Å². The molecule has 0 aliphatic carbocycles. The zero-order valence-electron chi connectivity index (χ0n) is 7.13. The van der Waals surface area contributed by atoms with E-state index >= 15 is 0 Å². The van der Waals surface area contributed by atoms with Crippen molar-refractivity contribution in [2.45, 2.75) is 29.5 Å². The first-order chi connectivity index (χ1) is 5.20. The Morgan fingerprint density at radius 1 is 1.45 bits per heavy atom. The van der Waals surface area contributed by atoms with Gasteiger partial charge in [-0.2, -0.15) is 0 Å². The Morgan fingerprint density at radius 2 is 2.00 bits per heavy atom. The van der Waals surface area contributed by atoms with E-state index in [1.165, 1.54) is 10.4 Å². The van der Waals surface area contributed by atoms with Gasteiger partial charge in [-0.15, -0.1) is 0 Å². The van der Waals surface area contributed by atoms with E-state index in [4.69, 9.17) is 5.11 Å². The second-order valence-corrected chi connectivity index (χ2v) is 8.67. The van der Waals surface area contributed by atoms with Gasteiger partial charge in [0.1, 0.15) is 0 Å². The van der Waals surface area contributed by atoms with Crippen LogP contribution >= 0.6 is 0 Å². The summed E-state index contributed by atoms with van der Waals surface area (Å²) < 4.78 is 0. The van der Waals surface area contributed by atoms with Crippen molar-refractivity contribution in [3.63, 3.8) is 0 Å². The predicted octanol–water partition coefficient (Wildman–Crippen LogP) is 1.79. The van der Waals surface area contributed by atoms with Crippen molar-refractivity contribution in [3.05, 3.63) is 0 Å².